The van der Waals surface area contributed by atoms with E-state index in [-0.39, 0.29) is 10.7 Å². The molecule has 0 amide bonds. The van der Waals surface area contributed by atoms with Crippen molar-refractivity contribution in [3.8, 4) is 0 Å². The molecule has 4 heteroatoms. The average Bonchev–Trinajstić information content (AvgIpc) is 2.04. The van der Waals surface area contributed by atoms with Crippen molar-refractivity contribution in [3.63, 3.8) is 0 Å². The summed E-state index contributed by atoms with van der Waals surface area (Å²) in [5, 5.41) is 0. The van der Waals surface area contributed by atoms with E-state index in [9.17, 15) is 0 Å². The Kier molecular flexibility index (Phi) is 1.69. The Morgan fingerprint density at radius 1 is 1.58 bits per heavy atom. The average molecular weight is 179 g/mol. The Morgan fingerprint density at radius 3 is 3.25 bits per heavy atom. The topological polar surface area (TPSA) is 37.8 Å². The first-order valence-electron chi connectivity index (χ1n) is 3.54. The van der Waals surface area contributed by atoms with E-state index in [0.717, 1.165) is 22.7 Å². The normalized spacial score (nSPS) is 21.3. The smallest absolute Gasteiger partial charge is 0.115 e. The first kappa shape index (κ1) is 7.49. The fraction of sp³-hybridized carbons (Fsp3) is 0.125. The van der Waals surface area contributed by atoms with Gasteiger partial charge in [-0.25, -0.2) is 9.97 Å². The Labute approximate surface area is 73.6 Å². The van der Waals surface area contributed by atoms with Crippen molar-refractivity contribution in [1.82, 2.24) is 14.7 Å². The predicted octanol–water partition coefficient (Wildman–Crippen LogP) is 1.11. The molecule has 1 aliphatic heterocycles. The number of allylic oxidation sites excluding steroid dienone is 1. The molecule has 12 heavy (non-hydrogen) atoms. The summed E-state index contributed by atoms with van der Waals surface area (Å²) in [6, 6.07) is 0. The van der Waals surface area contributed by atoms with Crippen LogP contribution in [0.25, 0.3) is 0 Å². The molecule has 1 atom stereocenters. The molecule has 0 aromatic carbocycles. The highest BCUT2D eigenvalue weighted by atomic mass is 32.2. The monoisotopic (exact) mass is 179 g/mol. The minimum atomic E-state index is -0.220. The molecule has 1 aromatic rings. The first-order chi connectivity index (χ1) is 5.77. The molecule has 0 saturated carbocycles. The fourth-order valence-electron chi connectivity index (χ4n) is 1.15. The summed E-state index contributed by atoms with van der Waals surface area (Å²) in [7, 11) is -0.220. The number of hydrogen-bond donors (Lipinski definition) is 1. The van der Waals surface area contributed by atoms with Gasteiger partial charge in [-0.15, -0.1) is 0 Å². The maximum absolute atomic E-state index is 4.18. The second kappa shape index (κ2) is 2.71. The van der Waals surface area contributed by atoms with Crippen LogP contribution < -0.4 is 4.72 Å². The molecule has 1 N–H and O–H groups in total. The molecule has 2 rings (SSSR count). The van der Waals surface area contributed by atoms with Crippen LogP contribution in [0.5, 0.6) is 0 Å². The van der Waals surface area contributed by atoms with Gasteiger partial charge < -0.3 is 4.72 Å². The lowest BCUT2D eigenvalue weighted by atomic mass is 10.2. The summed E-state index contributed by atoms with van der Waals surface area (Å²) in [5.74, 6) is 3.97. The fourth-order valence-corrected chi connectivity index (χ4v) is 2.28. The van der Waals surface area contributed by atoms with E-state index in [1.54, 1.807) is 6.33 Å². The van der Waals surface area contributed by atoms with Crippen LogP contribution in [0.15, 0.2) is 29.7 Å². The molecule has 1 unspecified atom stereocenters. The van der Waals surface area contributed by atoms with Gasteiger partial charge in [-0.2, -0.15) is 0 Å². The standard InChI is InChI=1S/C8H9N3S/c1-6-3-7-8(12(2)11-6)4-9-5-10-7/h4-5,11H,1-3H2. The van der Waals surface area contributed by atoms with Gasteiger partial charge in [0.2, 0.25) is 0 Å². The van der Waals surface area contributed by atoms with Crippen molar-refractivity contribution >= 4 is 16.5 Å². The van der Waals surface area contributed by atoms with Crippen molar-refractivity contribution in [2.24, 2.45) is 0 Å². The zero-order valence-corrected chi connectivity index (χ0v) is 7.40. The van der Waals surface area contributed by atoms with Crippen LogP contribution in [0.3, 0.4) is 0 Å². The van der Waals surface area contributed by atoms with E-state index in [1.807, 2.05) is 6.20 Å². The minimum Gasteiger partial charge on any atom is -0.336 e. The molecule has 0 radical (unpaired) electrons. The van der Waals surface area contributed by atoms with E-state index in [0.29, 0.717) is 0 Å². The Hall–Kier alpha value is -1.16. The molecular weight excluding hydrogens is 170 g/mol. The van der Waals surface area contributed by atoms with E-state index in [4.69, 9.17) is 0 Å². The van der Waals surface area contributed by atoms with Gasteiger partial charge in [0.25, 0.3) is 0 Å². The highest BCUT2D eigenvalue weighted by molar-refractivity contribution is 8.12. The summed E-state index contributed by atoms with van der Waals surface area (Å²) in [6.45, 7) is 3.86. The Morgan fingerprint density at radius 2 is 2.42 bits per heavy atom. The number of fused-ring (bicyclic) bond motifs is 1. The number of aromatic nitrogens is 2. The van der Waals surface area contributed by atoms with Gasteiger partial charge in [-0.05, 0) is 0 Å². The van der Waals surface area contributed by atoms with E-state index >= 15 is 0 Å². The lowest BCUT2D eigenvalue weighted by Gasteiger charge is -2.20. The molecule has 1 aromatic heterocycles. The lowest BCUT2D eigenvalue weighted by Crippen LogP contribution is -2.15. The zero-order valence-electron chi connectivity index (χ0n) is 6.58. The van der Waals surface area contributed by atoms with Gasteiger partial charge in [-0.1, -0.05) is 23.1 Å². The SMILES string of the molecule is C=C1Cc2ncncc2S(=C)N1. The van der Waals surface area contributed by atoms with Crippen LogP contribution >= 0.6 is 10.7 Å². The van der Waals surface area contributed by atoms with Crippen LogP contribution in [-0.4, -0.2) is 15.8 Å². The summed E-state index contributed by atoms with van der Waals surface area (Å²) >= 11 is 0. The van der Waals surface area contributed by atoms with Crippen LogP contribution in [-0.2, 0) is 6.42 Å². The van der Waals surface area contributed by atoms with Crippen LogP contribution in [0, 0.1) is 0 Å². The molecule has 0 bridgehead atoms. The molecular formula is C8H9N3S. The van der Waals surface area contributed by atoms with Crippen molar-refractivity contribution < 1.29 is 0 Å². The van der Waals surface area contributed by atoms with Gasteiger partial charge in [0.1, 0.15) is 6.33 Å². The maximum Gasteiger partial charge on any atom is 0.115 e. The lowest BCUT2D eigenvalue weighted by molar-refractivity contribution is 0.901. The van der Waals surface area contributed by atoms with Crippen molar-refractivity contribution in [2.45, 2.75) is 11.3 Å². The number of rotatable bonds is 0. The van der Waals surface area contributed by atoms with E-state index < -0.39 is 0 Å². The van der Waals surface area contributed by atoms with Crippen molar-refractivity contribution in [3.05, 3.63) is 30.5 Å². The van der Waals surface area contributed by atoms with Gasteiger partial charge in [0, 0.05) is 18.3 Å². The van der Waals surface area contributed by atoms with Gasteiger partial charge in [0.15, 0.2) is 0 Å². The molecule has 2 heterocycles. The highest BCUT2D eigenvalue weighted by Gasteiger charge is 2.13. The Bertz CT molecular complexity index is 359. The number of hydrogen-bond acceptors (Lipinski definition) is 3. The van der Waals surface area contributed by atoms with Gasteiger partial charge in [-0.3, -0.25) is 0 Å². The molecule has 1 aliphatic rings. The van der Waals surface area contributed by atoms with E-state index in [1.165, 1.54) is 0 Å². The van der Waals surface area contributed by atoms with E-state index in [2.05, 4.69) is 27.1 Å². The summed E-state index contributed by atoms with van der Waals surface area (Å²) in [6.07, 6.45) is 4.17. The van der Waals surface area contributed by atoms with Gasteiger partial charge in [0.05, 0.1) is 10.6 Å². The zero-order chi connectivity index (χ0) is 8.55. The molecule has 62 valence electrons. The first-order valence-corrected chi connectivity index (χ1v) is 4.94. The Balaban J connectivity index is 2.54. The van der Waals surface area contributed by atoms with Crippen molar-refractivity contribution in [2.75, 3.05) is 0 Å². The largest absolute Gasteiger partial charge is 0.336 e. The highest BCUT2D eigenvalue weighted by Crippen LogP contribution is 2.29. The van der Waals surface area contributed by atoms with Gasteiger partial charge >= 0.3 is 0 Å². The quantitative estimate of drug-likeness (QED) is 0.606. The third kappa shape index (κ3) is 1.14. The van der Waals surface area contributed by atoms with Crippen LogP contribution in [0.2, 0.25) is 0 Å². The van der Waals surface area contributed by atoms with Crippen molar-refractivity contribution in [1.29, 1.82) is 0 Å². The predicted molar refractivity (Wildman–Crippen MR) is 51.0 cm³/mol. The van der Waals surface area contributed by atoms with Crippen LogP contribution in [0.4, 0.5) is 0 Å². The van der Waals surface area contributed by atoms with Crippen LogP contribution in [0.1, 0.15) is 5.69 Å². The second-order valence-electron chi connectivity index (χ2n) is 2.61. The maximum atomic E-state index is 4.18. The minimum absolute atomic E-state index is 0.220. The third-order valence-electron chi connectivity index (χ3n) is 1.67. The molecule has 3 nitrogen and oxygen atoms in total. The molecule has 0 spiro atoms. The summed E-state index contributed by atoms with van der Waals surface area (Å²) < 4.78 is 3.18. The number of nitrogens with one attached hydrogen (secondary N) is 1. The summed E-state index contributed by atoms with van der Waals surface area (Å²) in [4.78, 5) is 9.24. The molecule has 0 aliphatic carbocycles. The third-order valence-corrected chi connectivity index (χ3v) is 3.08. The second-order valence-corrected chi connectivity index (χ2v) is 4.03. The molecule has 0 saturated heterocycles. The number of nitrogens with zero attached hydrogens (tertiary/aromatic N) is 2. The summed E-state index contributed by atoms with van der Waals surface area (Å²) in [5.41, 5.74) is 2.03. The molecule has 0 fully saturated rings.